The first-order valence-corrected chi connectivity index (χ1v) is 17.3. The number of aromatic nitrogens is 3. The molecule has 4 nitrogen and oxygen atoms in total. The van der Waals surface area contributed by atoms with Gasteiger partial charge in [0, 0.05) is 27.0 Å². The third kappa shape index (κ3) is 6.42. The smallest absolute Gasteiger partial charge is 0.149 e. The Morgan fingerprint density at radius 2 is 1.45 bits per heavy atom. The summed E-state index contributed by atoms with van der Waals surface area (Å²) >= 11 is 0. The summed E-state index contributed by atoms with van der Waals surface area (Å²) in [6, 6.07) is 25.6. The largest absolute Gasteiger partial charge is 0.507 e. The lowest BCUT2D eigenvalue weighted by Gasteiger charge is -2.22. The second-order valence-corrected chi connectivity index (χ2v) is 14.3. The van der Waals surface area contributed by atoms with Crippen molar-refractivity contribution >= 4 is 11.0 Å². The third-order valence-electron chi connectivity index (χ3n) is 9.42. The Kier molecular flexibility index (Phi) is 5.89. The first kappa shape index (κ1) is 23.3. The summed E-state index contributed by atoms with van der Waals surface area (Å²) in [4.78, 5) is 9.72. The highest BCUT2D eigenvalue weighted by molar-refractivity contribution is 5.98. The maximum absolute atomic E-state index is 11.7. The van der Waals surface area contributed by atoms with E-state index in [-0.39, 0.29) is 34.2 Å². The van der Waals surface area contributed by atoms with Crippen molar-refractivity contribution in [3.63, 3.8) is 0 Å². The minimum absolute atomic E-state index is 0.0180. The lowest BCUT2D eigenvalue weighted by Crippen LogP contribution is -2.11. The van der Waals surface area contributed by atoms with Crippen molar-refractivity contribution in [2.75, 3.05) is 0 Å². The molecule has 8 aromatic rings. The van der Waals surface area contributed by atoms with Crippen LogP contribution in [-0.4, -0.2) is 19.6 Å². The van der Waals surface area contributed by atoms with Gasteiger partial charge in [0.15, 0.2) is 0 Å². The molecule has 0 atom stereocenters. The lowest BCUT2D eigenvalue weighted by molar-refractivity contribution is 0.472. The van der Waals surface area contributed by atoms with E-state index in [0.717, 1.165) is 16.7 Å². The Labute approximate surface area is 327 Å². The minimum atomic E-state index is -2.39. The first-order chi connectivity index (χ1) is 30.1. The van der Waals surface area contributed by atoms with Crippen LogP contribution in [0.3, 0.4) is 0 Å². The van der Waals surface area contributed by atoms with E-state index in [1.54, 1.807) is 24.3 Å². The molecule has 0 bridgehead atoms. The minimum Gasteiger partial charge on any atom is -0.507 e. The van der Waals surface area contributed by atoms with E-state index >= 15 is 0 Å². The van der Waals surface area contributed by atoms with Gasteiger partial charge in [-0.15, -0.1) is 0 Å². The molecule has 8 rings (SSSR count). The van der Waals surface area contributed by atoms with Gasteiger partial charge in [0.1, 0.15) is 11.6 Å². The summed E-state index contributed by atoms with van der Waals surface area (Å²) in [6.45, 7) is 7.43. The summed E-state index contributed by atoms with van der Waals surface area (Å²) in [7, 11) is 0. The molecular weight excluding hydrogens is 647 g/mol. The second-order valence-electron chi connectivity index (χ2n) is 14.3. The quantitative estimate of drug-likeness (QED) is 0.188. The normalized spacial score (nSPS) is 14.8. The van der Waals surface area contributed by atoms with Gasteiger partial charge in [-0.3, -0.25) is 9.55 Å². The fourth-order valence-corrected chi connectivity index (χ4v) is 6.77. The van der Waals surface area contributed by atoms with Crippen LogP contribution < -0.4 is 0 Å². The van der Waals surface area contributed by atoms with Crippen molar-refractivity contribution in [1.29, 1.82) is 0 Å². The van der Waals surface area contributed by atoms with Crippen LogP contribution >= 0.6 is 0 Å². The summed E-state index contributed by atoms with van der Waals surface area (Å²) in [5.41, 5.74) is 6.75. The highest BCUT2D eigenvalue weighted by Gasteiger charge is 2.24. The predicted octanol–water partition coefficient (Wildman–Crippen LogP) is 12.7. The number of aromatic hydroxyl groups is 1. The molecule has 4 heteroatoms. The van der Waals surface area contributed by atoms with E-state index in [9.17, 15) is 6.48 Å². The van der Waals surface area contributed by atoms with Crippen LogP contribution in [0, 0.1) is 20.7 Å². The maximum Gasteiger partial charge on any atom is 0.149 e. The fourth-order valence-electron chi connectivity index (χ4n) is 6.77. The number of para-hydroxylation sites is 1. The molecule has 53 heavy (non-hydrogen) atoms. The van der Waals surface area contributed by atoms with Gasteiger partial charge < -0.3 is 5.11 Å². The van der Waals surface area contributed by atoms with Crippen LogP contribution in [0.15, 0.2) is 146 Å². The first-order valence-electron chi connectivity index (χ1n) is 22.8. The molecule has 0 fully saturated rings. The van der Waals surface area contributed by atoms with Gasteiger partial charge in [0.05, 0.1) is 38.9 Å². The number of hydrogen-bond acceptors (Lipinski definition) is 3. The zero-order valence-corrected chi connectivity index (χ0v) is 30.0. The van der Waals surface area contributed by atoms with Gasteiger partial charge >= 0.3 is 0 Å². The molecule has 1 N–H and O–H groups in total. The zero-order valence-electron chi connectivity index (χ0n) is 41.0. The molecule has 0 radical (unpaired) electrons. The molecule has 0 saturated carbocycles. The Morgan fingerprint density at radius 3 is 2.23 bits per heavy atom. The lowest BCUT2D eigenvalue weighted by atomic mass is 9.83. The van der Waals surface area contributed by atoms with Gasteiger partial charge in [-0.1, -0.05) is 117 Å². The molecule has 0 amide bonds. The number of pyridine rings is 1. The van der Waals surface area contributed by atoms with Crippen LogP contribution in [0.2, 0.25) is 0 Å². The number of aryl methyl sites for hydroxylation is 3. The predicted molar refractivity (Wildman–Crippen MR) is 221 cm³/mol. The SMILES string of the molecule is [2H]c1nc(-c2cc(-c3cccc4c3nc(-c3cc(C)cc(C)c3O)n4-c3ccc(C([2H])([2H])[2H])cc3-c3ccccc3)cc(C(C)(C)C)c2)c([2H])c(-c2c([2H])c([2H])c([2H])c([2H])c2[2H])c1[2H]. The fraction of sp³-hybridized carbons (Fsp3) is 0.143. The van der Waals surface area contributed by atoms with E-state index in [1.807, 2.05) is 112 Å². The van der Waals surface area contributed by atoms with Crippen LogP contribution in [0.5, 0.6) is 5.75 Å². The highest BCUT2D eigenvalue weighted by atomic mass is 16.3. The van der Waals surface area contributed by atoms with Crippen molar-refractivity contribution in [2.24, 2.45) is 0 Å². The monoisotopic (exact) mass is 700 g/mol. The maximum atomic E-state index is 11.7. The molecule has 0 aliphatic heterocycles. The van der Waals surface area contributed by atoms with Crippen molar-refractivity contribution in [3.05, 3.63) is 168 Å². The number of imidazole rings is 1. The van der Waals surface area contributed by atoms with E-state index < -0.39 is 54.7 Å². The molecule has 0 aliphatic carbocycles. The van der Waals surface area contributed by atoms with Crippen molar-refractivity contribution in [2.45, 2.75) is 46.9 Å². The Hall–Kier alpha value is -6.26. The molecule has 0 aliphatic rings. The van der Waals surface area contributed by atoms with Crippen LogP contribution in [-0.2, 0) is 5.41 Å². The average Bonchev–Trinajstić information content (AvgIpc) is 3.64. The molecule has 260 valence electrons. The molecule has 6 aromatic carbocycles. The number of fused-ring (bicyclic) bond motifs is 1. The van der Waals surface area contributed by atoms with Gasteiger partial charge in [0.2, 0.25) is 0 Å². The number of nitrogens with zero attached hydrogens (tertiary/aromatic N) is 3. The van der Waals surface area contributed by atoms with E-state index in [4.69, 9.17) is 18.7 Å². The van der Waals surface area contributed by atoms with E-state index in [1.165, 1.54) is 0 Å². The zero-order chi connectivity index (χ0) is 46.3. The van der Waals surface area contributed by atoms with Gasteiger partial charge in [-0.05, 0) is 114 Å². The van der Waals surface area contributed by atoms with Gasteiger partial charge in [-0.2, -0.15) is 0 Å². The van der Waals surface area contributed by atoms with Crippen molar-refractivity contribution in [1.82, 2.24) is 14.5 Å². The Bertz CT molecular complexity index is 3180. The second kappa shape index (κ2) is 13.4. The van der Waals surface area contributed by atoms with Crippen LogP contribution in [0.25, 0.3) is 72.7 Å². The van der Waals surface area contributed by atoms with Gasteiger partial charge in [-0.25, -0.2) is 4.98 Å². The number of phenols is 1. The van der Waals surface area contributed by atoms with Crippen molar-refractivity contribution in [3.8, 4) is 67.5 Å². The third-order valence-corrected chi connectivity index (χ3v) is 9.42. The topological polar surface area (TPSA) is 50.9 Å². The molecule has 2 aromatic heterocycles. The van der Waals surface area contributed by atoms with Crippen LogP contribution in [0.4, 0.5) is 0 Å². The summed E-state index contributed by atoms with van der Waals surface area (Å²) < 4.78 is 95.7. The Morgan fingerprint density at radius 1 is 0.679 bits per heavy atom. The van der Waals surface area contributed by atoms with E-state index in [2.05, 4.69) is 4.98 Å². The number of phenolic OH excluding ortho intramolecular Hbond substituents is 1. The number of hydrogen-bond donors (Lipinski definition) is 1. The van der Waals surface area contributed by atoms with Crippen molar-refractivity contribution < 1.29 is 20.2 Å². The number of benzene rings is 6. The van der Waals surface area contributed by atoms with Crippen LogP contribution in [0.1, 0.15) is 58.1 Å². The molecule has 0 saturated heterocycles. The standard InChI is InChI=1S/C49H43N3O/c1-31-20-21-44(41(25-31)35-16-11-8-12-17-35)52-45-19-13-18-40(46(45)51-48(52)42-26-32(2)24-33(3)47(42)53)37-27-38(29-39(28-37)49(4,5)6)43-30-36(22-23-50-43)34-14-9-7-10-15-34/h7-30,53H,1-6H3/i1D3,7D,9D,10D,14D,15D,22D,23D,30D. The summed E-state index contributed by atoms with van der Waals surface area (Å²) in [5, 5.41) is 11.7. The molecule has 2 heterocycles. The summed E-state index contributed by atoms with van der Waals surface area (Å²) in [6.07, 6.45) is -0.534. The Balaban J connectivity index is 1.45. The highest BCUT2D eigenvalue weighted by Crippen LogP contribution is 2.42. The van der Waals surface area contributed by atoms with Gasteiger partial charge in [0.25, 0.3) is 0 Å². The average molecular weight is 701 g/mol. The number of rotatable bonds is 6. The van der Waals surface area contributed by atoms with E-state index in [0.29, 0.717) is 55.9 Å². The molecular formula is C49H43N3O. The molecule has 0 unspecified atom stereocenters. The summed E-state index contributed by atoms with van der Waals surface area (Å²) in [5.74, 6) is 0.440. The molecule has 0 spiro atoms.